The van der Waals surface area contributed by atoms with E-state index in [1.807, 2.05) is 38.1 Å². The number of carbonyl (C=O) groups is 1. The standard InChI is InChI=1S/C15H20N2O.C2H6/c1-11(16)12-7-9-14(10-8-12)17-15(18)13-5-3-2-4-6-13;1-2/h7-10,13,16H,2-6H2,1H3,(H,17,18);1-2H3. The van der Waals surface area contributed by atoms with Gasteiger partial charge in [-0.3, -0.25) is 4.79 Å². The van der Waals surface area contributed by atoms with Gasteiger partial charge in [-0.05, 0) is 37.5 Å². The molecule has 1 fully saturated rings. The molecule has 0 aromatic heterocycles. The van der Waals surface area contributed by atoms with Crippen molar-refractivity contribution in [3.05, 3.63) is 29.8 Å². The van der Waals surface area contributed by atoms with Crippen LogP contribution in [0.4, 0.5) is 5.69 Å². The fourth-order valence-electron chi connectivity index (χ4n) is 2.41. The van der Waals surface area contributed by atoms with Crippen LogP contribution in [-0.2, 0) is 4.79 Å². The molecule has 1 amide bonds. The van der Waals surface area contributed by atoms with Crippen molar-refractivity contribution < 1.29 is 4.79 Å². The van der Waals surface area contributed by atoms with Crippen LogP contribution in [0, 0.1) is 11.3 Å². The summed E-state index contributed by atoms with van der Waals surface area (Å²) in [6.07, 6.45) is 5.64. The van der Waals surface area contributed by atoms with Gasteiger partial charge in [-0.25, -0.2) is 0 Å². The number of hydrogen-bond acceptors (Lipinski definition) is 2. The number of hydrogen-bond donors (Lipinski definition) is 2. The minimum Gasteiger partial charge on any atom is -0.326 e. The zero-order chi connectivity index (χ0) is 15.0. The highest BCUT2D eigenvalue weighted by Crippen LogP contribution is 2.25. The van der Waals surface area contributed by atoms with E-state index in [9.17, 15) is 4.79 Å². The lowest BCUT2D eigenvalue weighted by atomic mass is 9.88. The molecule has 0 saturated heterocycles. The Kier molecular flexibility index (Phi) is 6.99. The molecule has 1 saturated carbocycles. The second kappa shape index (κ2) is 8.51. The van der Waals surface area contributed by atoms with Gasteiger partial charge in [-0.1, -0.05) is 45.2 Å². The predicted octanol–water partition coefficient (Wildman–Crippen LogP) is 4.62. The molecule has 1 aromatic carbocycles. The maximum Gasteiger partial charge on any atom is 0.227 e. The van der Waals surface area contributed by atoms with E-state index in [0.717, 1.165) is 24.1 Å². The van der Waals surface area contributed by atoms with Crippen LogP contribution in [0.25, 0.3) is 0 Å². The Hall–Kier alpha value is -1.64. The third-order valence-corrected chi connectivity index (χ3v) is 3.56. The summed E-state index contributed by atoms with van der Waals surface area (Å²) < 4.78 is 0. The van der Waals surface area contributed by atoms with Crippen molar-refractivity contribution in [3.63, 3.8) is 0 Å². The van der Waals surface area contributed by atoms with E-state index in [0.29, 0.717) is 5.71 Å². The van der Waals surface area contributed by atoms with Gasteiger partial charge in [-0.2, -0.15) is 0 Å². The monoisotopic (exact) mass is 274 g/mol. The summed E-state index contributed by atoms with van der Waals surface area (Å²) >= 11 is 0. The first kappa shape index (κ1) is 16.4. The summed E-state index contributed by atoms with van der Waals surface area (Å²) in [4.78, 5) is 12.0. The third kappa shape index (κ3) is 4.80. The molecule has 3 heteroatoms. The first-order valence-corrected chi connectivity index (χ1v) is 7.63. The van der Waals surface area contributed by atoms with Gasteiger partial charge >= 0.3 is 0 Å². The fourth-order valence-corrected chi connectivity index (χ4v) is 2.41. The van der Waals surface area contributed by atoms with Crippen molar-refractivity contribution in [2.75, 3.05) is 5.32 Å². The first-order chi connectivity index (χ1) is 9.66. The molecule has 2 rings (SSSR count). The van der Waals surface area contributed by atoms with Crippen molar-refractivity contribution in [2.24, 2.45) is 5.92 Å². The maximum atomic E-state index is 12.0. The number of nitrogens with one attached hydrogen (secondary N) is 2. The smallest absolute Gasteiger partial charge is 0.227 e. The van der Waals surface area contributed by atoms with Gasteiger partial charge < -0.3 is 10.7 Å². The number of carbonyl (C=O) groups excluding carboxylic acids is 1. The molecule has 0 unspecified atom stereocenters. The van der Waals surface area contributed by atoms with Crippen LogP contribution in [0.5, 0.6) is 0 Å². The minimum atomic E-state index is 0.147. The Labute approximate surface area is 122 Å². The Bertz CT molecular complexity index is 431. The topological polar surface area (TPSA) is 53.0 Å². The SMILES string of the molecule is CC.CC(=N)c1ccc(NC(=O)C2CCCCC2)cc1. The Morgan fingerprint density at radius 2 is 1.65 bits per heavy atom. The summed E-state index contributed by atoms with van der Waals surface area (Å²) in [7, 11) is 0. The van der Waals surface area contributed by atoms with Gasteiger partial charge in [-0.15, -0.1) is 0 Å². The molecular formula is C17H26N2O. The molecule has 1 aromatic rings. The highest BCUT2D eigenvalue weighted by molar-refractivity contribution is 5.97. The molecule has 0 heterocycles. The van der Waals surface area contributed by atoms with Gasteiger partial charge in [0.1, 0.15) is 0 Å². The summed E-state index contributed by atoms with van der Waals surface area (Å²) in [6, 6.07) is 7.49. The minimum absolute atomic E-state index is 0.147. The van der Waals surface area contributed by atoms with Crippen LogP contribution in [-0.4, -0.2) is 11.6 Å². The molecule has 3 nitrogen and oxygen atoms in total. The molecule has 0 aliphatic heterocycles. The lowest BCUT2D eigenvalue weighted by molar-refractivity contribution is -0.120. The molecule has 20 heavy (non-hydrogen) atoms. The zero-order valence-corrected chi connectivity index (χ0v) is 12.8. The molecule has 0 spiro atoms. The van der Waals surface area contributed by atoms with Gasteiger partial charge in [0.15, 0.2) is 0 Å². The van der Waals surface area contributed by atoms with E-state index in [2.05, 4.69) is 5.32 Å². The first-order valence-electron chi connectivity index (χ1n) is 7.63. The maximum absolute atomic E-state index is 12.0. The number of rotatable bonds is 3. The number of amides is 1. The molecule has 1 aliphatic rings. The average molecular weight is 274 g/mol. The Morgan fingerprint density at radius 3 is 2.15 bits per heavy atom. The van der Waals surface area contributed by atoms with Crippen LogP contribution in [0.2, 0.25) is 0 Å². The van der Waals surface area contributed by atoms with E-state index >= 15 is 0 Å². The van der Waals surface area contributed by atoms with E-state index in [1.165, 1.54) is 19.3 Å². The summed E-state index contributed by atoms with van der Waals surface area (Å²) in [6.45, 7) is 5.76. The highest BCUT2D eigenvalue weighted by atomic mass is 16.1. The van der Waals surface area contributed by atoms with Crippen molar-refractivity contribution >= 4 is 17.3 Å². The number of benzene rings is 1. The highest BCUT2D eigenvalue weighted by Gasteiger charge is 2.20. The largest absolute Gasteiger partial charge is 0.326 e. The second-order valence-electron chi connectivity index (χ2n) is 5.03. The summed E-state index contributed by atoms with van der Waals surface area (Å²) in [5.41, 5.74) is 2.27. The van der Waals surface area contributed by atoms with Gasteiger partial charge in [0.05, 0.1) is 0 Å². The molecule has 110 valence electrons. The normalized spacial score (nSPS) is 14.9. The number of anilines is 1. The van der Waals surface area contributed by atoms with E-state index in [4.69, 9.17) is 5.41 Å². The molecular weight excluding hydrogens is 248 g/mol. The van der Waals surface area contributed by atoms with Crippen LogP contribution in [0.1, 0.15) is 58.4 Å². The van der Waals surface area contributed by atoms with Crippen LogP contribution < -0.4 is 5.32 Å². The lowest BCUT2D eigenvalue weighted by Gasteiger charge is -2.20. The van der Waals surface area contributed by atoms with Crippen LogP contribution in [0.15, 0.2) is 24.3 Å². The van der Waals surface area contributed by atoms with Crippen molar-refractivity contribution in [1.82, 2.24) is 0 Å². The fraction of sp³-hybridized carbons (Fsp3) is 0.529. The Morgan fingerprint density at radius 1 is 1.10 bits per heavy atom. The Balaban J connectivity index is 0.000000956. The van der Waals surface area contributed by atoms with Crippen molar-refractivity contribution in [3.8, 4) is 0 Å². The van der Waals surface area contributed by atoms with Crippen LogP contribution >= 0.6 is 0 Å². The van der Waals surface area contributed by atoms with Gasteiger partial charge in [0, 0.05) is 17.3 Å². The van der Waals surface area contributed by atoms with Crippen LogP contribution in [0.3, 0.4) is 0 Å². The van der Waals surface area contributed by atoms with E-state index in [-0.39, 0.29) is 11.8 Å². The molecule has 2 N–H and O–H groups in total. The zero-order valence-electron chi connectivity index (χ0n) is 12.8. The molecule has 0 bridgehead atoms. The average Bonchev–Trinajstić information content (AvgIpc) is 2.50. The van der Waals surface area contributed by atoms with E-state index < -0.39 is 0 Å². The van der Waals surface area contributed by atoms with Gasteiger partial charge in [0.2, 0.25) is 5.91 Å². The molecule has 1 aliphatic carbocycles. The van der Waals surface area contributed by atoms with Crippen molar-refractivity contribution in [1.29, 1.82) is 5.41 Å². The van der Waals surface area contributed by atoms with Crippen molar-refractivity contribution in [2.45, 2.75) is 52.9 Å². The summed E-state index contributed by atoms with van der Waals surface area (Å²) in [5, 5.41) is 10.5. The lowest BCUT2D eigenvalue weighted by Crippen LogP contribution is -2.24. The third-order valence-electron chi connectivity index (χ3n) is 3.56. The molecule has 0 atom stereocenters. The van der Waals surface area contributed by atoms with E-state index in [1.54, 1.807) is 6.92 Å². The predicted molar refractivity (Wildman–Crippen MR) is 85.5 cm³/mol. The quantitative estimate of drug-likeness (QED) is 0.776. The molecule has 0 radical (unpaired) electrons. The van der Waals surface area contributed by atoms with Gasteiger partial charge in [0.25, 0.3) is 0 Å². The summed E-state index contributed by atoms with van der Waals surface area (Å²) in [5.74, 6) is 0.330. The second-order valence-corrected chi connectivity index (χ2v) is 5.03.